The summed E-state index contributed by atoms with van der Waals surface area (Å²) in [5, 5.41) is 8.89. The molecule has 0 saturated carbocycles. The van der Waals surface area contributed by atoms with Gasteiger partial charge in [0.1, 0.15) is 0 Å². The minimum atomic E-state index is -0.147. The second-order valence-corrected chi connectivity index (χ2v) is 6.58. The van der Waals surface area contributed by atoms with Crippen molar-refractivity contribution in [1.82, 2.24) is 16.0 Å². The summed E-state index contributed by atoms with van der Waals surface area (Å²) in [4.78, 5) is 0. The molecule has 0 fully saturated rings. The molecule has 8 nitrogen and oxygen atoms in total. The van der Waals surface area contributed by atoms with Crippen LogP contribution in [0.3, 0.4) is 0 Å². The number of rotatable bonds is 18. The zero-order chi connectivity index (χ0) is 25.3. The molecule has 0 heterocycles. The average molecular weight is 507 g/mol. The molecule has 0 amide bonds. The molecule has 9 N–H and O–H groups in total. The second kappa shape index (κ2) is 42.1. The van der Waals surface area contributed by atoms with Crippen molar-refractivity contribution in [3.63, 3.8) is 0 Å². The van der Waals surface area contributed by atoms with Crippen molar-refractivity contribution in [3.8, 4) is 0 Å². The van der Waals surface area contributed by atoms with E-state index in [1.165, 1.54) is 0 Å². The smallest absolute Gasteiger partial charge is 0.379 e. The van der Waals surface area contributed by atoms with Gasteiger partial charge >= 0.3 is 21.7 Å². The van der Waals surface area contributed by atoms with E-state index in [0.29, 0.717) is 46.1 Å². The number of ether oxygens (including phenoxy) is 2. The fraction of sp³-hybridized carbons (Fsp3) is 0.667. The van der Waals surface area contributed by atoms with Crippen LogP contribution in [0.1, 0.15) is 13.3 Å². The van der Waals surface area contributed by atoms with E-state index in [-0.39, 0.29) is 27.1 Å². The average Bonchev–Trinajstić information content (AvgIpc) is 2.81. The van der Waals surface area contributed by atoms with Crippen LogP contribution in [-0.2, 0) is 31.2 Å². The van der Waals surface area contributed by atoms with E-state index in [1.807, 2.05) is 0 Å². The van der Waals surface area contributed by atoms with E-state index in [2.05, 4.69) is 63.7 Å². The zero-order valence-electron chi connectivity index (χ0n) is 21.3. The van der Waals surface area contributed by atoms with E-state index in [0.717, 1.165) is 45.7 Å². The molecule has 0 atom stereocenters. The molecule has 0 aromatic heterocycles. The largest absolute Gasteiger partial charge is 4.00 e. The summed E-state index contributed by atoms with van der Waals surface area (Å²) in [6.07, 6.45) is 4.41. The summed E-state index contributed by atoms with van der Waals surface area (Å²) in [7, 11) is 0. The molecule has 196 valence electrons. The standard InChI is InChI=1S/C12H21O2.3C4H11N2.Ti/c1-5-8-13-10-12(4,7-3)11-14-9-6-2;3*1-2-6-4-3-5;/h5-6H,1-2,4,7-11H2,3H3;3*6H,1-5H2;/q4*-1;+4. The van der Waals surface area contributed by atoms with Gasteiger partial charge in [-0.15, -0.1) is 38.2 Å². The van der Waals surface area contributed by atoms with Gasteiger partial charge in [-0.3, -0.25) is 0 Å². The fourth-order valence-corrected chi connectivity index (χ4v) is 1.64. The number of nitrogens with two attached hydrogens (primary N) is 3. The first-order valence-electron chi connectivity index (χ1n) is 11.3. The summed E-state index contributed by atoms with van der Waals surface area (Å²) < 4.78 is 10.8. The molecule has 0 bridgehead atoms. The van der Waals surface area contributed by atoms with Gasteiger partial charge < -0.3 is 70.3 Å². The first-order valence-corrected chi connectivity index (χ1v) is 11.3. The Morgan fingerprint density at radius 3 is 1.21 bits per heavy atom. The molecule has 0 rings (SSSR count). The van der Waals surface area contributed by atoms with Gasteiger partial charge in [-0.2, -0.15) is 0 Å². The Bertz CT molecular complexity index is 295. The van der Waals surface area contributed by atoms with Gasteiger partial charge in [0, 0.05) is 52.5 Å². The van der Waals surface area contributed by atoms with Crippen LogP contribution in [0.2, 0.25) is 0 Å². The molecule has 9 heteroatoms. The first-order chi connectivity index (χ1) is 15.4. The summed E-state index contributed by atoms with van der Waals surface area (Å²) >= 11 is 0. The van der Waals surface area contributed by atoms with Gasteiger partial charge in [0.2, 0.25) is 0 Å². The second-order valence-electron chi connectivity index (χ2n) is 6.58. The van der Waals surface area contributed by atoms with Crippen molar-refractivity contribution in [3.05, 3.63) is 53.0 Å². The third-order valence-corrected chi connectivity index (χ3v) is 3.53. The summed E-state index contributed by atoms with van der Waals surface area (Å²) in [5.74, 6) is 0. The summed E-state index contributed by atoms with van der Waals surface area (Å²) in [6.45, 7) is 33.5. The SMILES string of the molecule is C=CCOCC([CH2-])(CC)COCC=C.[CH2-]CNCCN.[CH2-]CNCCN.[CH2-]CNCCN.[Ti+4]. The summed E-state index contributed by atoms with van der Waals surface area (Å²) in [5.41, 5.74) is 15.2. The fourth-order valence-electron chi connectivity index (χ4n) is 1.64. The Kier molecular flexibility index (Phi) is 54.8. The van der Waals surface area contributed by atoms with Crippen LogP contribution in [0.15, 0.2) is 25.3 Å². The normalized spacial score (nSPS) is 9.70. The zero-order valence-corrected chi connectivity index (χ0v) is 22.9. The Morgan fingerprint density at radius 1 is 0.758 bits per heavy atom. The predicted molar refractivity (Wildman–Crippen MR) is 142 cm³/mol. The number of hydrogen-bond acceptors (Lipinski definition) is 8. The Morgan fingerprint density at radius 2 is 1.06 bits per heavy atom. The third kappa shape index (κ3) is 49.9. The van der Waals surface area contributed by atoms with E-state index in [4.69, 9.17) is 26.7 Å². The molecular weight excluding hydrogens is 452 g/mol. The molecule has 0 aromatic rings. The maximum Gasteiger partial charge on any atom is 4.00 e. The monoisotopic (exact) mass is 506 g/mol. The van der Waals surface area contributed by atoms with Crippen LogP contribution >= 0.6 is 0 Å². The van der Waals surface area contributed by atoms with Gasteiger partial charge in [-0.1, -0.05) is 25.5 Å². The Balaban J connectivity index is -0.000000116. The molecule has 33 heavy (non-hydrogen) atoms. The van der Waals surface area contributed by atoms with Crippen molar-refractivity contribution < 1.29 is 31.2 Å². The Hall–Kier alpha value is -0.126. The minimum absolute atomic E-state index is 0. The Labute approximate surface area is 221 Å². The third-order valence-electron chi connectivity index (χ3n) is 3.53. The van der Waals surface area contributed by atoms with Crippen LogP contribution in [0.5, 0.6) is 0 Å². The van der Waals surface area contributed by atoms with Crippen LogP contribution in [0.25, 0.3) is 0 Å². The summed E-state index contributed by atoms with van der Waals surface area (Å²) in [6, 6.07) is 0. The molecular formula is C24H54N6O2Ti. The van der Waals surface area contributed by atoms with E-state index in [1.54, 1.807) is 12.2 Å². The molecule has 0 aliphatic rings. The van der Waals surface area contributed by atoms with Gasteiger partial charge in [0.25, 0.3) is 0 Å². The van der Waals surface area contributed by atoms with Crippen molar-refractivity contribution in [2.75, 3.05) is 85.3 Å². The molecule has 0 unspecified atom stereocenters. The van der Waals surface area contributed by atoms with Crippen molar-refractivity contribution in [1.29, 1.82) is 0 Å². The van der Waals surface area contributed by atoms with Crippen LogP contribution in [0.4, 0.5) is 0 Å². The molecule has 0 aliphatic heterocycles. The molecule has 0 spiro atoms. The van der Waals surface area contributed by atoms with Gasteiger partial charge in [0.15, 0.2) is 0 Å². The van der Waals surface area contributed by atoms with Crippen molar-refractivity contribution in [2.24, 2.45) is 22.6 Å². The quantitative estimate of drug-likeness (QED) is 0.0694. The number of hydrogen-bond donors (Lipinski definition) is 6. The molecule has 0 saturated heterocycles. The van der Waals surface area contributed by atoms with Crippen molar-refractivity contribution >= 4 is 0 Å². The van der Waals surface area contributed by atoms with Crippen LogP contribution in [0, 0.1) is 33.1 Å². The minimum Gasteiger partial charge on any atom is -0.379 e. The first kappa shape index (κ1) is 43.0. The molecule has 0 radical (unpaired) electrons. The van der Waals surface area contributed by atoms with Crippen LogP contribution in [-0.4, -0.2) is 85.3 Å². The van der Waals surface area contributed by atoms with E-state index < -0.39 is 0 Å². The van der Waals surface area contributed by atoms with Crippen molar-refractivity contribution in [2.45, 2.75) is 13.3 Å². The van der Waals surface area contributed by atoms with Gasteiger partial charge in [-0.05, 0) is 0 Å². The molecule has 0 aromatic carbocycles. The van der Waals surface area contributed by atoms with Gasteiger partial charge in [0.05, 0.1) is 13.2 Å². The maximum absolute atomic E-state index is 5.38. The number of nitrogens with one attached hydrogen (secondary N) is 3. The topological polar surface area (TPSA) is 133 Å². The maximum atomic E-state index is 5.38. The van der Waals surface area contributed by atoms with E-state index in [9.17, 15) is 0 Å². The van der Waals surface area contributed by atoms with Crippen LogP contribution < -0.4 is 33.2 Å². The predicted octanol–water partition coefficient (Wildman–Crippen LogP) is 0.726. The van der Waals surface area contributed by atoms with Gasteiger partial charge in [-0.25, -0.2) is 0 Å². The van der Waals surface area contributed by atoms with E-state index >= 15 is 0 Å². The molecule has 0 aliphatic carbocycles.